The topological polar surface area (TPSA) is 117 Å². The summed E-state index contributed by atoms with van der Waals surface area (Å²) < 4.78 is 21.0. The van der Waals surface area contributed by atoms with Gasteiger partial charge >= 0.3 is 17.9 Å². The lowest BCUT2D eigenvalue weighted by molar-refractivity contribution is -0.211. The first-order valence-electron chi connectivity index (χ1n) is 7.16. The van der Waals surface area contributed by atoms with Crippen molar-refractivity contribution < 1.29 is 38.1 Å². The summed E-state index contributed by atoms with van der Waals surface area (Å²) in [5.41, 5.74) is 0. The van der Waals surface area contributed by atoms with Gasteiger partial charge < -0.3 is 24.3 Å². The molecule has 1 heterocycles. The molecule has 0 unspecified atom stereocenters. The number of amides is 1. The average Bonchev–Trinajstić information content (AvgIpc) is 2.42. The van der Waals surface area contributed by atoms with Gasteiger partial charge in [0.05, 0.1) is 0 Å². The molecule has 0 aromatic carbocycles. The molecule has 0 bridgehead atoms. The van der Waals surface area contributed by atoms with Crippen molar-refractivity contribution in [1.29, 1.82) is 0 Å². The van der Waals surface area contributed by atoms with E-state index in [4.69, 9.17) is 18.9 Å². The highest BCUT2D eigenvalue weighted by molar-refractivity contribution is 9.09. The molecule has 1 fully saturated rings. The second kappa shape index (κ2) is 8.97. The standard InChI is InChI=1S/C14H20BrNO8/c1-6(17)16-11-13(23-9(4)20)12(22-8(3)19)10(24-14(11)15)5-21-7(2)18/h10-14H,5H2,1-4H3,(H,16,17)/t10-,11-,12-,13-,14+/m1/s1. The van der Waals surface area contributed by atoms with Crippen LogP contribution in [-0.4, -0.2) is 59.8 Å². The molecule has 5 atom stereocenters. The third-order valence-electron chi connectivity index (χ3n) is 3.06. The number of hydrogen-bond acceptors (Lipinski definition) is 8. The number of carbonyl (C=O) groups is 4. The molecule has 9 nitrogen and oxygen atoms in total. The van der Waals surface area contributed by atoms with Gasteiger partial charge in [-0.3, -0.25) is 19.2 Å². The summed E-state index contributed by atoms with van der Waals surface area (Å²) in [6.07, 6.45) is -2.96. The largest absolute Gasteiger partial charge is 0.463 e. The maximum atomic E-state index is 11.4. The SMILES string of the molecule is CC(=O)N[C@@H]1[C@@H](OC(C)=O)[C@H](OC(C)=O)[C@@H](COC(C)=O)O[C@@H]1Br. The highest BCUT2D eigenvalue weighted by Crippen LogP contribution is 2.29. The van der Waals surface area contributed by atoms with Crippen molar-refractivity contribution in [2.75, 3.05) is 6.61 Å². The van der Waals surface area contributed by atoms with Crippen LogP contribution in [0.3, 0.4) is 0 Å². The highest BCUT2D eigenvalue weighted by Gasteiger charge is 2.49. The van der Waals surface area contributed by atoms with E-state index in [9.17, 15) is 19.2 Å². The molecule has 1 N–H and O–H groups in total. The molecule has 0 aromatic heterocycles. The lowest BCUT2D eigenvalue weighted by atomic mass is 9.97. The predicted molar refractivity (Wildman–Crippen MR) is 82.9 cm³/mol. The van der Waals surface area contributed by atoms with E-state index < -0.39 is 47.3 Å². The molecule has 1 saturated heterocycles. The fourth-order valence-corrected chi connectivity index (χ4v) is 2.99. The first kappa shape index (κ1) is 20.4. The first-order chi connectivity index (χ1) is 11.1. The van der Waals surface area contributed by atoms with E-state index in [1.165, 1.54) is 27.7 Å². The van der Waals surface area contributed by atoms with Crippen molar-refractivity contribution in [2.24, 2.45) is 0 Å². The van der Waals surface area contributed by atoms with Crippen LogP contribution in [0.1, 0.15) is 27.7 Å². The molecule has 1 aliphatic rings. The molecule has 0 spiro atoms. The van der Waals surface area contributed by atoms with Crippen LogP contribution in [0.5, 0.6) is 0 Å². The van der Waals surface area contributed by atoms with Crippen molar-refractivity contribution in [3.8, 4) is 0 Å². The van der Waals surface area contributed by atoms with Crippen LogP contribution >= 0.6 is 15.9 Å². The molecule has 0 aromatic rings. The van der Waals surface area contributed by atoms with Gasteiger partial charge in [-0.15, -0.1) is 0 Å². The van der Waals surface area contributed by atoms with Crippen LogP contribution in [0, 0.1) is 0 Å². The van der Waals surface area contributed by atoms with Gasteiger partial charge in [-0.05, 0) is 0 Å². The van der Waals surface area contributed by atoms with Gasteiger partial charge in [-0.1, -0.05) is 15.9 Å². The Hall–Kier alpha value is -1.68. The molecule has 1 amide bonds. The van der Waals surface area contributed by atoms with E-state index >= 15 is 0 Å². The Labute approximate surface area is 147 Å². The minimum absolute atomic E-state index is 0.208. The Morgan fingerprint density at radius 1 is 0.958 bits per heavy atom. The average molecular weight is 410 g/mol. The molecule has 136 valence electrons. The van der Waals surface area contributed by atoms with Crippen LogP contribution in [0.15, 0.2) is 0 Å². The van der Waals surface area contributed by atoms with E-state index in [0.717, 1.165) is 0 Å². The van der Waals surface area contributed by atoms with Crippen LogP contribution in [0.25, 0.3) is 0 Å². The maximum absolute atomic E-state index is 11.4. The fraction of sp³-hybridized carbons (Fsp3) is 0.714. The van der Waals surface area contributed by atoms with Crippen molar-refractivity contribution in [2.45, 2.75) is 57.1 Å². The Bertz CT molecular complexity index is 511. The van der Waals surface area contributed by atoms with E-state index in [2.05, 4.69) is 21.2 Å². The number of esters is 3. The molecule has 10 heteroatoms. The number of rotatable bonds is 5. The highest BCUT2D eigenvalue weighted by atomic mass is 79.9. The van der Waals surface area contributed by atoms with E-state index in [0.29, 0.717) is 0 Å². The number of halogens is 1. The predicted octanol–water partition coefficient (Wildman–Crippen LogP) is 0.0374. The lowest BCUT2D eigenvalue weighted by Crippen LogP contribution is -2.64. The summed E-state index contributed by atoms with van der Waals surface area (Å²) >= 11 is 3.25. The number of nitrogens with one attached hydrogen (secondary N) is 1. The second-order valence-corrected chi connectivity index (χ2v) is 6.11. The Morgan fingerprint density at radius 2 is 1.50 bits per heavy atom. The summed E-state index contributed by atoms with van der Waals surface area (Å²) in [6, 6.07) is -0.802. The van der Waals surface area contributed by atoms with Gasteiger partial charge in [0.15, 0.2) is 12.2 Å². The number of ether oxygens (including phenoxy) is 4. The zero-order valence-corrected chi connectivity index (χ0v) is 15.3. The van der Waals surface area contributed by atoms with E-state index in [-0.39, 0.29) is 12.5 Å². The van der Waals surface area contributed by atoms with E-state index in [1.54, 1.807) is 0 Å². The summed E-state index contributed by atoms with van der Waals surface area (Å²) in [5.74, 6) is -2.19. The van der Waals surface area contributed by atoms with Gasteiger partial charge in [0, 0.05) is 27.7 Å². The lowest BCUT2D eigenvalue weighted by Gasteiger charge is -2.43. The normalized spacial score (nSPS) is 29.3. The quantitative estimate of drug-likeness (QED) is 0.384. The summed E-state index contributed by atoms with van der Waals surface area (Å²) in [5, 5.41) is 1.84. The van der Waals surface area contributed by atoms with Gasteiger partial charge in [-0.2, -0.15) is 0 Å². The third-order valence-corrected chi connectivity index (χ3v) is 3.84. The molecule has 1 aliphatic heterocycles. The first-order valence-corrected chi connectivity index (χ1v) is 8.07. The second-order valence-electron chi connectivity index (χ2n) is 5.20. The minimum atomic E-state index is -1.06. The number of carbonyl (C=O) groups excluding carboxylic acids is 4. The Kier molecular flexibility index (Phi) is 7.61. The van der Waals surface area contributed by atoms with Crippen molar-refractivity contribution in [3.05, 3.63) is 0 Å². The van der Waals surface area contributed by atoms with Gasteiger partial charge in [0.25, 0.3) is 0 Å². The summed E-state index contributed by atoms with van der Waals surface area (Å²) in [6.45, 7) is 4.67. The van der Waals surface area contributed by atoms with Gasteiger partial charge in [-0.25, -0.2) is 0 Å². The molecule has 24 heavy (non-hydrogen) atoms. The minimum Gasteiger partial charge on any atom is -0.463 e. The zero-order chi connectivity index (χ0) is 18.4. The van der Waals surface area contributed by atoms with Crippen molar-refractivity contribution >= 4 is 39.7 Å². The number of hydrogen-bond donors (Lipinski definition) is 1. The molecular weight excluding hydrogens is 390 g/mol. The molecular formula is C14H20BrNO8. The molecule has 0 radical (unpaired) electrons. The molecule has 0 saturated carbocycles. The van der Waals surface area contributed by atoms with Crippen molar-refractivity contribution in [1.82, 2.24) is 5.32 Å². The maximum Gasteiger partial charge on any atom is 0.303 e. The number of alkyl halides is 1. The Balaban J connectivity index is 3.11. The van der Waals surface area contributed by atoms with Crippen LogP contribution in [0.2, 0.25) is 0 Å². The summed E-state index contributed by atoms with van der Waals surface area (Å²) in [4.78, 5) is 45.3. The third kappa shape index (κ3) is 6.08. The smallest absolute Gasteiger partial charge is 0.303 e. The van der Waals surface area contributed by atoms with Crippen molar-refractivity contribution in [3.63, 3.8) is 0 Å². The van der Waals surface area contributed by atoms with Crippen LogP contribution in [0.4, 0.5) is 0 Å². The monoisotopic (exact) mass is 409 g/mol. The molecule has 0 aliphatic carbocycles. The zero-order valence-electron chi connectivity index (χ0n) is 13.7. The summed E-state index contributed by atoms with van der Waals surface area (Å²) in [7, 11) is 0. The van der Waals surface area contributed by atoms with Gasteiger partial charge in [0.2, 0.25) is 5.91 Å². The fourth-order valence-electron chi connectivity index (χ4n) is 2.28. The van der Waals surface area contributed by atoms with Crippen LogP contribution < -0.4 is 5.32 Å². The van der Waals surface area contributed by atoms with Crippen LogP contribution in [-0.2, 0) is 38.1 Å². The molecule has 1 rings (SSSR count). The Morgan fingerprint density at radius 3 is 1.96 bits per heavy atom. The van der Waals surface area contributed by atoms with E-state index in [1.807, 2.05) is 0 Å². The van der Waals surface area contributed by atoms with Gasteiger partial charge in [0.1, 0.15) is 23.8 Å².